The number of morpholine rings is 1. The molecule has 1 aromatic rings. The number of likely N-dealkylation sites (tertiary alicyclic amines) is 1. The maximum atomic E-state index is 5.54. The minimum atomic E-state index is 0. The van der Waals surface area contributed by atoms with E-state index in [9.17, 15) is 0 Å². The number of rotatable bonds is 7. The van der Waals surface area contributed by atoms with Crippen LogP contribution in [0.2, 0.25) is 0 Å². The van der Waals surface area contributed by atoms with E-state index in [1.807, 2.05) is 0 Å². The second-order valence-electron chi connectivity index (χ2n) is 9.19. The number of hydrogen-bond donors (Lipinski definition) is 1. The molecule has 3 aliphatic heterocycles. The van der Waals surface area contributed by atoms with Gasteiger partial charge in [-0.2, -0.15) is 0 Å². The molecule has 8 heteroatoms. The van der Waals surface area contributed by atoms with E-state index >= 15 is 0 Å². The van der Waals surface area contributed by atoms with Crippen LogP contribution in [0.3, 0.4) is 0 Å². The molecule has 33 heavy (non-hydrogen) atoms. The molecule has 3 fully saturated rings. The molecule has 0 bridgehead atoms. The minimum absolute atomic E-state index is 0. The lowest BCUT2D eigenvalue weighted by molar-refractivity contribution is 0.0195. The van der Waals surface area contributed by atoms with Crippen molar-refractivity contribution in [2.24, 2.45) is 4.99 Å². The fraction of sp³-hybridized carbons (Fsp3) is 0.720. The first-order valence-electron chi connectivity index (χ1n) is 12.6. The van der Waals surface area contributed by atoms with Crippen molar-refractivity contribution in [2.45, 2.75) is 39.4 Å². The third-order valence-corrected chi connectivity index (χ3v) is 7.18. The van der Waals surface area contributed by atoms with Crippen LogP contribution in [0.4, 0.5) is 0 Å². The number of ether oxygens (including phenoxy) is 1. The first-order valence-corrected chi connectivity index (χ1v) is 12.6. The third kappa shape index (κ3) is 7.52. The van der Waals surface area contributed by atoms with E-state index in [-0.39, 0.29) is 24.0 Å². The van der Waals surface area contributed by atoms with Gasteiger partial charge >= 0.3 is 0 Å². The topological polar surface area (TPSA) is 46.6 Å². The first kappa shape index (κ1) is 26.7. The van der Waals surface area contributed by atoms with Crippen molar-refractivity contribution in [3.05, 3.63) is 35.4 Å². The molecule has 1 atom stereocenters. The maximum Gasteiger partial charge on any atom is 0.194 e. The Morgan fingerprint density at radius 1 is 0.970 bits per heavy atom. The Balaban J connectivity index is 0.00000306. The van der Waals surface area contributed by atoms with Gasteiger partial charge in [0.05, 0.1) is 19.8 Å². The van der Waals surface area contributed by atoms with Gasteiger partial charge in [0.2, 0.25) is 0 Å². The summed E-state index contributed by atoms with van der Waals surface area (Å²) in [4.78, 5) is 15.3. The zero-order valence-corrected chi connectivity index (χ0v) is 22.9. The molecule has 1 N–H and O–H groups in total. The minimum Gasteiger partial charge on any atom is -0.379 e. The normalized spacial score (nSPS) is 23.5. The molecule has 1 unspecified atom stereocenters. The third-order valence-electron chi connectivity index (χ3n) is 7.18. The van der Waals surface area contributed by atoms with Crippen LogP contribution >= 0.6 is 24.0 Å². The molecule has 3 aliphatic rings. The van der Waals surface area contributed by atoms with Gasteiger partial charge in [0, 0.05) is 71.5 Å². The van der Waals surface area contributed by atoms with Gasteiger partial charge in [-0.1, -0.05) is 31.2 Å². The Labute approximate surface area is 217 Å². The fourth-order valence-electron chi connectivity index (χ4n) is 5.13. The Morgan fingerprint density at radius 3 is 2.36 bits per heavy atom. The highest BCUT2D eigenvalue weighted by atomic mass is 127. The number of hydrogen-bond acceptors (Lipinski definition) is 5. The van der Waals surface area contributed by atoms with Crippen molar-refractivity contribution in [2.75, 3.05) is 78.7 Å². The van der Waals surface area contributed by atoms with E-state index in [4.69, 9.17) is 9.73 Å². The average molecular weight is 571 g/mol. The van der Waals surface area contributed by atoms with Crippen molar-refractivity contribution >= 4 is 29.9 Å². The second kappa shape index (κ2) is 13.8. The van der Waals surface area contributed by atoms with Crippen LogP contribution in [0.5, 0.6) is 0 Å². The summed E-state index contributed by atoms with van der Waals surface area (Å²) in [6.45, 7) is 18.9. The summed E-state index contributed by atoms with van der Waals surface area (Å²) in [5.41, 5.74) is 2.77. The van der Waals surface area contributed by atoms with Crippen molar-refractivity contribution in [3.8, 4) is 0 Å². The molecule has 0 spiro atoms. The molecule has 3 saturated heterocycles. The summed E-state index contributed by atoms with van der Waals surface area (Å²) in [6.07, 6.45) is 1.21. The van der Waals surface area contributed by atoms with Crippen molar-refractivity contribution in [1.82, 2.24) is 24.9 Å². The summed E-state index contributed by atoms with van der Waals surface area (Å²) < 4.78 is 5.54. The van der Waals surface area contributed by atoms with Crippen LogP contribution in [-0.2, 0) is 17.8 Å². The number of guanidine groups is 1. The highest BCUT2D eigenvalue weighted by molar-refractivity contribution is 14.0. The number of halogens is 1. The number of benzene rings is 1. The second-order valence-corrected chi connectivity index (χ2v) is 9.19. The van der Waals surface area contributed by atoms with Gasteiger partial charge in [0.1, 0.15) is 0 Å². The lowest BCUT2D eigenvalue weighted by Crippen LogP contribution is -2.46. The molecular formula is C25H43IN6O. The summed E-state index contributed by atoms with van der Waals surface area (Å²) in [6, 6.07) is 9.49. The summed E-state index contributed by atoms with van der Waals surface area (Å²) >= 11 is 0. The Kier molecular flexibility index (Phi) is 11.2. The zero-order chi connectivity index (χ0) is 22.2. The molecule has 4 rings (SSSR count). The molecule has 0 amide bonds. The van der Waals surface area contributed by atoms with Crippen molar-refractivity contribution in [3.63, 3.8) is 0 Å². The SMILES string of the molecule is CCNC(=NCc1ccccc1CN1CCN(CC)CC1)N1CCC(N2CCOCC2)C1.I. The van der Waals surface area contributed by atoms with E-state index in [1.54, 1.807) is 0 Å². The average Bonchev–Trinajstić information content (AvgIpc) is 3.34. The largest absolute Gasteiger partial charge is 0.379 e. The highest BCUT2D eigenvalue weighted by Gasteiger charge is 2.30. The summed E-state index contributed by atoms with van der Waals surface area (Å²) in [5, 5.41) is 3.55. The predicted molar refractivity (Wildman–Crippen MR) is 146 cm³/mol. The maximum absolute atomic E-state index is 5.54. The quantitative estimate of drug-likeness (QED) is 0.309. The van der Waals surface area contributed by atoms with Gasteiger partial charge in [-0.25, -0.2) is 4.99 Å². The van der Waals surface area contributed by atoms with Crippen LogP contribution in [0, 0.1) is 0 Å². The monoisotopic (exact) mass is 570 g/mol. The van der Waals surface area contributed by atoms with E-state index < -0.39 is 0 Å². The summed E-state index contributed by atoms with van der Waals surface area (Å²) in [5.74, 6) is 1.06. The lowest BCUT2D eigenvalue weighted by Gasteiger charge is -2.34. The van der Waals surface area contributed by atoms with Gasteiger partial charge in [-0.3, -0.25) is 9.80 Å². The van der Waals surface area contributed by atoms with Crippen molar-refractivity contribution < 1.29 is 4.74 Å². The molecule has 0 saturated carbocycles. The zero-order valence-electron chi connectivity index (χ0n) is 20.5. The molecule has 0 aliphatic carbocycles. The first-order chi connectivity index (χ1) is 15.8. The van der Waals surface area contributed by atoms with E-state index in [0.717, 1.165) is 84.6 Å². The molecule has 3 heterocycles. The smallest absolute Gasteiger partial charge is 0.194 e. The molecule has 186 valence electrons. The van der Waals surface area contributed by atoms with Crippen LogP contribution < -0.4 is 5.32 Å². The molecular weight excluding hydrogens is 527 g/mol. The van der Waals surface area contributed by atoms with Crippen LogP contribution in [0.25, 0.3) is 0 Å². The molecule has 0 aromatic heterocycles. The van der Waals surface area contributed by atoms with Crippen LogP contribution in [0.15, 0.2) is 29.3 Å². The van der Waals surface area contributed by atoms with Gasteiger partial charge in [0.25, 0.3) is 0 Å². The summed E-state index contributed by atoms with van der Waals surface area (Å²) in [7, 11) is 0. The van der Waals surface area contributed by atoms with Crippen LogP contribution in [0.1, 0.15) is 31.4 Å². The Bertz CT molecular complexity index is 733. The van der Waals surface area contributed by atoms with Gasteiger partial charge < -0.3 is 19.9 Å². The Morgan fingerprint density at radius 2 is 1.67 bits per heavy atom. The van der Waals surface area contributed by atoms with Crippen molar-refractivity contribution in [1.29, 1.82) is 0 Å². The lowest BCUT2D eigenvalue weighted by atomic mass is 10.1. The Hall–Kier alpha value is -0.940. The predicted octanol–water partition coefficient (Wildman–Crippen LogP) is 2.31. The number of aliphatic imine (C=N–C) groups is 1. The van der Waals surface area contributed by atoms with Gasteiger partial charge in [-0.15, -0.1) is 24.0 Å². The van der Waals surface area contributed by atoms with E-state index in [1.165, 1.54) is 30.6 Å². The van der Waals surface area contributed by atoms with Gasteiger partial charge in [-0.05, 0) is 31.0 Å². The fourth-order valence-corrected chi connectivity index (χ4v) is 5.13. The molecule has 7 nitrogen and oxygen atoms in total. The van der Waals surface area contributed by atoms with Crippen LogP contribution in [-0.4, -0.2) is 110 Å². The molecule has 1 aromatic carbocycles. The number of likely N-dealkylation sites (N-methyl/N-ethyl adjacent to an activating group) is 1. The number of piperazine rings is 1. The van der Waals surface area contributed by atoms with Gasteiger partial charge in [0.15, 0.2) is 5.96 Å². The standard InChI is InChI=1S/C25H42N6O.HI/c1-3-26-25(31-10-9-24(21-31)30-15-17-32-18-16-30)27-19-22-7-5-6-8-23(22)20-29-13-11-28(4-2)12-14-29;/h5-8,24H,3-4,9-21H2,1-2H3,(H,26,27);1H. The molecule has 0 radical (unpaired) electrons. The van der Waals surface area contributed by atoms with E-state index in [2.05, 4.69) is 63.0 Å². The van der Waals surface area contributed by atoms with E-state index in [0.29, 0.717) is 6.04 Å². The highest BCUT2D eigenvalue weighted by Crippen LogP contribution is 2.18. The number of nitrogens with one attached hydrogen (secondary N) is 1. The number of nitrogens with zero attached hydrogens (tertiary/aromatic N) is 5.